The molecule has 0 aromatic rings. The third kappa shape index (κ3) is 94.2. The first-order valence-corrected chi connectivity index (χ1v) is 45.6. The molecular formula is C81H146F18N12O20S. The molecule has 6 unspecified atom stereocenters. The molecule has 6 amide bonds. The number of nitrogens with one attached hydrogen (secondary N) is 6. The maximum Gasteiger partial charge on any atom is 0.430 e. The molecular weight excluding hydrogens is 1830 g/mol. The lowest BCUT2D eigenvalue weighted by molar-refractivity contribution is -0.365. The van der Waals surface area contributed by atoms with Crippen molar-refractivity contribution in [2.24, 2.45) is 29.6 Å². The predicted octanol–water partition coefficient (Wildman–Crippen LogP) is 0.00620. The number of halogens is 18. The minimum Gasteiger partial charge on any atom is -0.542 e. The van der Waals surface area contributed by atoms with E-state index in [-0.39, 0.29) is 93.2 Å². The molecule has 0 aliphatic carbocycles. The summed E-state index contributed by atoms with van der Waals surface area (Å²) in [6.45, 7) is 11.1. The zero-order valence-electron chi connectivity index (χ0n) is 76.0. The second-order valence-corrected chi connectivity index (χ2v) is 31.4. The van der Waals surface area contributed by atoms with Crippen LogP contribution in [0.4, 0.5) is 79.0 Å². The molecule has 0 saturated heterocycles. The number of thioether (sulfide) groups is 1. The largest absolute Gasteiger partial charge is 0.542 e. The maximum absolute atomic E-state index is 14.4. The molecule has 782 valence electrons. The Morgan fingerprint density at radius 3 is 0.712 bits per heavy atom. The van der Waals surface area contributed by atoms with E-state index in [1.807, 2.05) is 0 Å². The molecule has 51 heteroatoms. The van der Waals surface area contributed by atoms with Crippen molar-refractivity contribution in [2.45, 2.75) is 301 Å². The van der Waals surface area contributed by atoms with Gasteiger partial charge in [0.25, 0.3) is 0 Å². The zero-order valence-corrected chi connectivity index (χ0v) is 76.8. The molecule has 0 aliphatic rings. The number of quaternary nitrogens is 6. The number of amides is 6. The minimum absolute atomic E-state index is 0.0167. The number of rotatable bonds is 69. The van der Waals surface area contributed by atoms with Gasteiger partial charge in [0.2, 0.25) is 35.4 Å². The van der Waals surface area contributed by atoms with Gasteiger partial charge in [-0.15, -0.1) is 0 Å². The number of carbonyl (C=O) groups excluding carboxylic acids is 12. The molecule has 0 bridgehead atoms. The highest BCUT2D eigenvalue weighted by Crippen LogP contribution is 2.32. The van der Waals surface area contributed by atoms with Gasteiger partial charge in [-0.3, -0.25) is 28.8 Å². The quantitative estimate of drug-likeness (QED) is 0.0282. The van der Waals surface area contributed by atoms with Gasteiger partial charge in [-0.2, -0.15) is 90.8 Å². The summed E-state index contributed by atoms with van der Waals surface area (Å²) < 4.78 is 202. The van der Waals surface area contributed by atoms with Crippen LogP contribution in [0.15, 0.2) is 0 Å². The molecule has 0 aromatic carbocycles. The lowest BCUT2D eigenvalue weighted by atomic mass is 9.78. The molecule has 0 spiro atoms. The fraction of sp³-hybridized carbons (Fsp3) is 0.852. The van der Waals surface area contributed by atoms with Crippen LogP contribution in [0.2, 0.25) is 0 Å². The van der Waals surface area contributed by atoms with Crippen molar-refractivity contribution in [3.05, 3.63) is 0 Å². The number of carbonyl (C=O) groups is 12. The summed E-state index contributed by atoms with van der Waals surface area (Å²) in [6, 6.07) is 0. The lowest BCUT2D eigenvalue weighted by Crippen LogP contribution is -2.56. The topological polar surface area (TPSA) is 600 Å². The number of carboxylic acid groups (broad SMARTS) is 6. The Kier molecular flexibility index (Phi) is 89.8. The first-order chi connectivity index (χ1) is 61.6. The van der Waals surface area contributed by atoms with E-state index in [9.17, 15) is 108 Å². The molecule has 0 fully saturated rings. The van der Waals surface area contributed by atoms with Gasteiger partial charge < -0.3 is 135 Å². The van der Waals surface area contributed by atoms with Gasteiger partial charge in [-0.25, -0.2) is 0 Å². The fourth-order valence-electron chi connectivity index (χ4n) is 11.7. The monoisotopic (exact) mass is 1980 g/mol. The Morgan fingerprint density at radius 1 is 0.280 bits per heavy atom. The molecule has 24 N–H and O–H groups in total. The van der Waals surface area contributed by atoms with E-state index in [1.165, 1.54) is 180 Å². The Morgan fingerprint density at radius 2 is 0.477 bits per heavy atom. The van der Waals surface area contributed by atoms with Gasteiger partial charge in [-0.1, -0.05) is 206 Å². The molecule has 132 heavy (non-hydrogen) atoms. The molecule has 0 rings (SSSR count). The van der Waals surface area contributed by atoms with Crippen molar-refractivity contribution in [1.29, 1.82) is 0 Å². The smallest absolute Gasteiger partial charge is 0.430 e. The Labute approximate surface area is 763 Å². The van der Waals surface area contributed by atoms with Crippen molar-refractivity contribution in [3.63, 3.8) is 0 Å². The summed E-state index contributed by atoms with van der Waals surface area (Å²) in [5.74, 6) is -22.6. The van der Waals surface area contributed by atoms with Crippen LogP contribution >= 0.6 is 11.8 Å². The summed E-state index contributed by atoms with van der Waals surface area (Å²) in [6.07, 6.45) is 11.2. The highest BCUT2D eigenvalue weighted by molar-refractivity contribution is 7.99. The maximum atomic E-state index is 14.4. The van der Waals surface area contributed by atoms with Crippen molar-refractivity contribution < 1.29 is 211 Å². The van der Waals surface area contributed by atoms with Gasteiger partial charge >= 0.3 is 37.1 Å². The van der Waals surface area contributed by atoms with Crippen LogP contribution in [0.5, 0.6) is 0 Å². The summed E-state index contributed by atoms with van der Waals surface area (Å²) in [5, 5.41) is 70.4. The van der Waals surface area contributed by atoms with E-state index in [2.05, 4.69) is 80.2 Å². The molecule has 6 atom stereocenters. The molecule has 0 saturated carbocycles. The van der Waals surface area contributed by atoms with Gasteiger partial charge in [0.1, 0.15) is 35.8 Å². The average molecular weight is 1980 g/mol. The molecule has 32 nitrogen and oxygen atoms in total. The van der Waals surface area contributed by atoms with E-state index in [4.69, 9.17) is 68.9 Å². The van der Waals surface area contributed by atoms with Crippen molar-refractivity contribution in [1.82, 2.24) is 31.9 Å². The Bertz CT molecular complexity index is 2800. The van der Waals surface area contributed by atoms with Crippen LogP contribution in [-0.2, 0) is 67.0 Å². The van der Waals surface area contributed by atoms with E-state index in [1.54, 1.807) is 11.8 Å². The normalized spacial score (nSPS) is 12.8. The first kappa shape index (κ1) is 137. The number of unbranched alkanes of at least 4 members (excludes halogenated alkanes) is 30. The highest BCUT2D eigenvalue weighted by atomic mass is 32.2. The second kappa shape index (κ2) is 86.3. The number of ether oxygens (including phenoxy) is 2. The summed E-state index contributed by atoms with van der Waals surface area (Å²) in [4.78, 5) is 136. The summed E-state index contributed by atoms with van der Waals surface area (Å²) >= 11 is 1.63. The zero-order chi connectivity index (χ0) is 103. The Balaban J connectivity index is -0.000000602. The van der Waals surface area contributed by atoms with Crippen LogP contribution in [0.1, 0.15) is 258 Å². The molecule has 0 radical (unpaired) electrons. The van der Waals surface area contributed by atoms with Crippen molar-refractivity contribution in [2.75, 3.05) is 110 Å². The van der Waals surface area contributed by atoms with Gasteiger partial charge in [-0.05, 0) is 44.9 Å². The number of hydrogen-bond donors (Lipinski definition) is 12. The average Bonchev–Trinajstić information content (AvgIpc) is 0.843. The van der Waals surface area contributed by atoms with Gasteiger partial charge in [0, 0.05) is 60.7 Å². The minimum atomic E-state index is -5.19. The first-order valence-electron chi connectivity index (χ1n) is 44.5. The third-order valence-corrected chi connectivity index (χ3v) is 19.8. The Hall–Kier alpha value is -7.59. The van der Waals surface area contributed by atoms with Crippen molar-refractivity contribution >= 4 is 83.0 Å². The SMILES string of the molecule is CCCCCCCCCCCCCCCCCCOCC(CSCC(CC(CC(CC(CC(CCC(=O)NCC[NH3+])C(=O)NCC[NH3+])C(=O)NCC[NH3+])C(=O)NCC[NH3+])C(=O)NCC[NH3+])C(=O)NCC[NH3+])OCCCCCCCCCCCCCCCCCC.O=C([O-])C(F)(F)F.O=C([O-])C(F)(F)F.O=C([O-])C(F)(F)F.O=C([O-])C(F)(F)F.O=C([O-])C(F)(F)F.O=C([O-])C(F)(F)F. The fourth-order valence-corrected chi connectivity index (χ4v) is 12.8. The standard InChI is InChI=1S/C69H140N12O8S.6C2HF3O2/c1-3-5-7-9-11-13-15-17-19-21-23-25-27-29-31-33-49-88-55-63(89-50-34-32-30-28-26-24-22-20-18-16-14-12-10-8-6-4-2)57-90-56-62(69(87)81-48-42-75)54-61(68(86)80-47-41-74)53-60(67(85)79-46-40-73)52-59(66(84)78-45-39-72)51-58(65(83)77-44-38-71)35-36-64(82)76-43-37-70;6*3-2(4,5)1(6)7/h58-63H,3-57,70-75H2,1-2H3,(H,76,82)(H,77,83)(H,78,84)(H,79,85)(H,80,86)(H,81,87);6*(H,6,7). The number of hydrogen-bond acceptors (Lipinski definition) is 21. The van der Waals surface area contributed by atoms with E-state index < -0.39 is 102 Å². The number of aliphatic carboxylic acids is 6. The van der Waals surface area contributed by atoms with E-state index in [0.29, 0.717) is 96.8 Å². The molecule has 0 aliphatic heterocycles. The van der Waals surface area contributed by atoms with Gasteiger partial charge in [0.15, 0.2) is 0 Å². The van der Waals surface area contributed by atoms with Crippen LogP contribution < -0.4 is 96.9 Å². The van der Waals surface area contributed by atoms with E-state index in [0.717, 1.165) is 25.7 Å². The molecule has 0 aromatic heterocycles. The highest BCUT2D eigenvalue weighted by Gasteiger charge is 2.38. The van der Waals surface area contributed by atoms with Crippen LogP contribution in [-0.4, -0.2) is 224 Å². The summed E-state index contributed by atoms with van der Waals surface area (Å²) in [5.41, 5.74) is 23.4. The van der Waals surface area contributed by atoms with E-state index >= 15 is 0 Å². The molecule has 0 heterocycles. The van der Waals surface area contributed by atoms with Crippen molar-refractivity contribution in [3.8, 4) is 0 Å². The number of carboxylic acids is 6. The predicted molar refractivity (Wildman–Crippen MR) is 433 cm³/mol. The summed E-state index contributed by atoms with van der Waals surface area (Å²) in [7, 11) is 0. The van der Waals surface area contributed by atoms with Crippen LogP contribution in [0.3, 0.4) is 0 Å². The second-order valence-electron chi connectivity index (χ2n) is 30.3. The van der Waals surface area contributed by atoms with Crippen LogP contribution in [0.25, 0.3) is 0 Å². The van der Waals surface area contributed by atoms with Gasteiger partial charge in [0.05, 0.1) is 91.2 Å². The number of alkyl halides is 18. The lowest BCUT2D eigenvalue weighted by Gasteiger charge is -2.29. The third-order valence-electron chi connectivity index (χ3n) is 18.5. The van der Waals surface area contributed by atoms with Crippen LogP contribution in [0, 0.1) is 29.6 Å².